The lowest BCUT2D eigenvalue weighted by molar-refractivity contribution is 0.0696. The number of anilines is 1. The zero-order valence-electron chi connectivity index (χ0n) is 10.6. The largest absolute Gasteiger partial charge is 0.478 e. The van der Waals surface area contributed by atoms with Gasteiger partial charge in [0.15, 0.2) is 0 Å². The molecule has 0 radical (unpaired) electrons. The van der Waals surface area contributed by atoms with Crippen LogP contribution in [-0.2, 0) is 10.0 Å². The number of hydrogen-bond acceptors (Lipinski definition) is 6. The Labute approximate surface area is 118 Å². The number of nitrogens with one attached hydrogen (secondary N) is 1. The zero-order valence-corrected chi connectivity index (χ0v) is 11.4. The van der Waals surface area contributed by atoms with E-state index in [4.69, 9.17) is 5.11 Å². The Morgan fingerprint density at radius 3 is 2.62 bits per heavy atom. The molecule has 0 amide bonds. The maximum absolute atomic E-state index is 13.7. The third kappa shape index (κ3) is 3.11. The van der Waals surface area contributed by atoms with Crippen molar-refractivity contribution in [2.24, 2.45) is 0 Å². The van der Waals surface area contributed by atoms with E-state index in [2.05, 4.69) is 15.2 Å². The Morgan fingerprint density at radius 2 is 2.05 bits per heavy atom. The monoisotopic (exact) mass is 312 g/mol. The van der Waals surface area contributed by atoms with Gasteiger partial charge < -0.3 is 5.11 Å². The van der Waals surface area contributed by atoms with Crippen molar-refractivity contribution in [1.82, 2.24) is 15.2 Å². The molecule has 1 heterocycles. The molecule has 0 aliphatic heterocycles. The average Bonchev–Trinajstić information content (AvgIpc) is 2.41. The lowest BCUT2D eigenvalue weighted by Gasteiger charge is -2.10. The highest BCUT2D eigenvalue weighted by atomic mass is 32.2. The first-order chi connectivity index (χ1) is 9.81. The van der Waals surface area contributed by atoms with Gasteiger partial charge in [-0.25, -0.2) is 27.3 Å². The first kappa shape index (κ1) is 14.8. The molecule has 1 aromatic carbocycles. The molecule has 2 aromatic rings. The van der Waals surface area contributed by atoms with Gasteiger partial charge in [0.25, 0.3) is 16.0 Å². The Balaban J connectivity index is 2.52. The molecular weight excluding hydrogens is 303 g/mol. The van der Waals surface area contributed by atoms with Crippen LogP contribution in [0.25, 0.3) is 0 Å². The standard InChI is InChI=1S/C11H9FN4O4S/c1-6-8(12)4-7(10(17)18)5-9(6)21(19,20)16-11-13-2-3-14-15-11/h2-5H,1H3,(H,17,18)(H,13,15,16). The fraction of sp³-hybridized carbons (Fsp3) is 0.0909. The van der Waals surface area contributed by atoms with Gasteiger partial charge in [-0.1, -0.05) is 0 Å². The normalized spacial score (nSPS) is 11.1. The summed E-state index contributed by atoms with van der Waals surface area (Å²) in [5.74, 6) is -2.69. The predicted octanol–water partition coefficient (Wildman–Crippen LogP) is 0.818. The molecule has 110 valence electrons. The van der Waals surface area contributed by atoms with E-state index in [1.165, 1.54) is 19.3 Å². The number of carboxylic acid groups (broad SMARTS) is 1. The highest BCUT2D eigenvalue weighted by Crippen LogP contribution is 2.22. The van der Waals surface area contributed by atoms with Crippen LogP contribution in [0.5, 0.6) is 0 Å². The quantitative estimate of drug-likeness (QED) is 0.856. The lowest BCUT2D eigenvalue weighted by atomic mass is 10.1. The molecule has 0 aliphatic rings. The van der Waals surface area contributed by atoms with Crippen molar-refractivity contribution in [2.45, 2.75) is 11.8 Å². The number of aromatic carboxylic acids is 1. The number of carboxylic acids is 1. The predicted molar refractivity (Wildman–Crippen MR) is 68.7 cm³/mol. The second kappa shape index (κ2) is 5.40. The summed E-state index contributed by atoms with van der Waals surface area (Å²) < 4.78 is 40.0. The Hall–Kier alpha value is -2.62. The first-order valence-corrected chi connectivity index (χ1v) is 6.99. The summed E-state index contributed by atoms with van der Waals surface area (Å²) in [4.78, 5) is 14.0. The van der Waals surface area contributed by atoms with E-state index in [0.717, 1.165) is 12.1 Å². The van der Waals surface area contributed by atoms with E-state index in [1.807, 2.05) is 4.72 Å². The Morgan fingerprint density at radius 1 is 1.33 bits per heavy atom. The van der Waals surface area contributed by atoms with Crippen molar-refractivity contribution >= 4 is 21.9 Å². The van der Waals surface area contributed by atoms with Crippen LogP contribution in [-0.4, -0.2) is 34.7 Å². The summed E-state index contributed by atoms with van der Waals surface area (Å²) in [6, 6.07) is 1.61. The van der Waals surface area contributed by atoms with E-state index in [0.29, 0.717) is 0 Å². The maximum Gasteiger partial charge on any atom is 0.335 e. The van der Waals surface area contributed by atoms with Crippen LogP contribution >= 0.6 is 0 Å². The van der Waals surface area contributed by atoms with Crippen molar-refractivity contribution in [3.8, 4) is 0 Å². The van der Waals surface area contributed by atoms with Gasteiger partial charge in [0.05, 0.1) is 22.9 Å². The van der Waals surface area contributed by atoms with Crippen LogP contribution in [0.4, 0.5) is 10.3 Å². The second-order valence-electron chi connectivity index (χ2n) is 3.96. The highest BCUT2D eigenvalue weighted by Gasteiger charge is 2.23. The van der Waals surface area contributed by atoms with Gasteiger partial charge in [-0.3, -0.25) is 0 Å². The van der Waals surface area contributed by atoms with E-state index in [1.54, 1.807) is 0 Å². The number of sulfonamides is 1. The number of aromatic nitrogens is 3. The van der Waals surface area contributed by atoms with Gasteiger partial charge >= 0.3 is 5.97 Å². The number of carbonyl (C=O) groups is 1. The van der Waals surface area contributed by atoms with Crippen LogP contribution in [0.15, 0.2) is 29.4 Å². The molecule has 0 spiro atoms. The first-order valence-electron chi connectivity index (χ1n) is 5.51. The highest BCUT2D eigenvalue weighted by molar-refractivity contribution is 7.92. The summed E-state index contributed by atoms with van der Waals surface area (Å²) in [6.45, 7) is 1.22. The molecule has 0 unspecified atom stereocenters. The van der Waals surface area contributed by atoms with Crippen LogP contribution in [0.3, 0.4) is 0 Å². The number of nitrogens with zero attached hydrogens (tertiary/aromatic N) is 3. The molecule has 0 fully saturated rings. The van der Waals surface area contributed by atoms with Crippen LogP contribution < -0.4 is 4.72 Å². The lowest BCUT2D eigenvalue weighted by Crippen LogP contribution is -2.18. The van der Waals surface area contributed by atoms with Crippen molar-refractivity contribution in [2.75, 3.05) is 4.72 Å². The molecule has 0 saturated carbocycles. The van der Waals surface area contributed by atoms with Crippen LogP contribution in [0, 0.1) is 12.7 Å². The molecule has 1 aromatic heterocycles. The van der Waals surface area contributed by atoms with Gasteiger partial charge in [0.1, 0.15) is 5.82 Å². The molecule has 2 N–H and O–H groups in total. The van der Waals surface area contributed by atoms with Crippen molar-refractivity contribution in [3.05, 3.63) is 41.5 Å². The molecule has 0 saturated heterocycles. The molecule has 0 aliphatic carbocycles. The zero-order chi connectivity index (χ0) is 15.6. The third-order valence-electron chi connectivity index (χ3n) is 2.54. The number of rotatable bonds is 4. The minimum absolute atomic E-state index is 0.212. The maximum atomic E-state index is 13.7. The van der Waals surface area contributed by atoms with Crippen LogP contribution in [0.2, 0.25) is 0 Å². The smallest absolute Gasteiger partial charge is 0.335 e. The third-order valence-corrected chi connectivity index (χ3v) is 4.00. The van der Waals surface area contributed by atoms with Gasteiger partial charge in [0.2, 0.25) is 0 Å². The average molecular weight is 312 g/mol. The molecule has 0 atom stereocenters. The minimum atomic E-state index is -4.24. The van der Waals surface area contributed by atoms with Gasteiger partial charge in [0, 0.05) is 5.56 Å². The van der Waals surface area contributed by atoms with E-state index in [9.17, 15) is 17.6 Å². The fourth-order valence-electron chi connectivity index (χ4n) is 1.53. The molecule has 10 heteroatoms. The molecule has 8 nitrogen and oxygen atoms in total. The number of halogens is 1. The molecule has 21 heavy (non-hydrogen) atoms. The summed E-state index contributed by atoms with van der Waals surface area (Å²) >= 11 is 0. The SMILES string of the molecule is Cc1c(F)cc(C(=O)O)cc1S(=O)(=O)Nc1nccnn1. The number of hydrogen-bond donors (Lipinski definition) is 2. The molecular formula is C11H9FN4O4S. The van der Waals surface area contributed by atoms with Crippen molar-refractivity contribution in [1.29, 1.82) is 0 Å². The van der Waals surface area contributed by atoms with E-state index >= 15 is 0 Å². The summed E-state index contributed by atoms with van der Waals surface area (Å²) in [7, 11) is -4.24. The minimum Gasteiger partial charge on any atom is -0.478 e. The number of benzene rings is 1. The second-order valence-corrected chi connectivity index (χ2v) is 5.61. The summed E-state index contributed by atoms with van der Waals surface area (Å²) in [5.41, 5.74) is -0.693. The van der Waals surface area contributed by atoms with Crippen molar-refractivity contribution in [3.63, 3.8) is 0 Å². The summed E-state index contributed by atoms with van der Waals surface area (Å²) in [6.07, 6.45) is 2.46. The van der Waals surface area contributed by atoms with E-state index in [-0.39, 0.29) is 11.5 Å². The molecule has 0 bridgehead atoms. The Bertz CT molecular complexity index is 795. The van der Waals surface area contributed by atoms with Gasteiger partial charge in [-0.15, -0.1) is 5.10 Å². The summed E-state index contributed by atoms with van der Waals surface area (Å²) in [5, 5.41) is 15.7. The van der Waals surface area contributed by atoms with Crippen molar-refractivity contribution < 1.29 is 22.7 Å². The van der Waals surface area contributed by atoms with Crippen LogP contribution in [0.1, 0.15) is 15.9 Å². The van der Waals surface area contributed by atoms with Gasteiger partial charge in [-0.2, -0.15) is 5.10 Å². The van der Waals surface area contributed by atoms with E-state index < -0.39 is 32.3 Å². The Kier molecular flexibility index (Phi) is 3.80. The molecule has 2 rings (SSSR count). The topological polar surface area (TPSA) is 122 Å². The van der Waals surface area contributed by atoms with Gasteiger partial charge in [-0.05, 0) is 19.1 Å². The fourth-order valence-corrected chi connectivity index (χ4v) is 2.75.